The Morgan fingerprint density at radius 1 is 1.42 bits per heavy atom. The number of carbonyl (C=O) groups is 2. The van der Waals surface area contributed by atoms with Crippen LogP contribution in [0.3, 0.4) is 0 Å². The van der Waals surface area contributed by atoms with E-state index in [1.807, 2.05) is 6.92 Å². The van der Waals surface area contributed by atoms with Crippen molar-refractivity contribution in [2.24, 2.45) is 5.41 Å². The fourth-order valence-corrected chi connectivity index (χ4v) is 3.30. The maximum Gasteiger partial charge on any atom is 0.319 e. The molecule has 2 rings (SSSR count). The van der Waals surface area contributed by atoms with E-state index in [1.165, 1.54) is 0 Å². The molecule has 108 valence electrons. The van der Waals surface area contributed by atoms with Crippen LogP contribution in [-0.4, -0.2) is 30.6 Å². The maximum atomic E-state index is 12.3. The summed E-state index contributed by atoms with van der Waals surface area (Å²) >= 11 is 0. The highest BCUT2D eigenvalue weighted by atomic mass is 16.5. The van der Waals surface area contributed by atoms with E-state index in [4.69, 9.17) is 9.47 Å². The molecule has 0 aromatic heterocycles. The van der Waals surface area contributed by atoms with Crippen LogP contribution in [0.5, 0.6) is 0 Å². The Morgan fingerprint density at radius 3 is 2.79 bits per heavy atom. The van der Waals surface area contributed by atoms with Crippen molar-refractivity contribution < 1.29 is 19.1 Å². The van der Waals surface area contributed by atoms with Crippen molar-refractivity contribution >= 4 is 11.8 Å². The zero-order chi connectivity index (χ0) is 13.9. The lowest BCUT2D eigenvalue weighted by atomic mass is 9.69. The fourth-order valence-electron chi connectivity index (χ4n) is 3.30. The second kappa shape index (κ2) is 6.04. The maximum absolute atomic E-state index is 12.3. The number of hydrogen-bond acceptors (Lipinski definition) is 4. The third-order valence-corrected chi connectivity index (χ3v) is 4.35. The highest BCUT2D eigenvalue weighted by molar-refractivity contribution is 6.04. The molecule has 1 heterocycles. The van der Waals surface area contributed by atoms with Crippen LogP contribution >= 0.6 is 0 Å². The van der Waals surface area contributed by atoms with Gasteiger partial charge in [-0.1, -0.05) is 6.42 Å². The molecule has 0 bridgehead atoms. The van der Waals surface area contributed by atoms with E-state index >= 15 is 0 Å². The number of hydrogen-bond donors (Lipinski definition) is 0. The summed E-state index contributed by atoms with van der Waals surface area (Å²) in [5, 5.41) is 0. The molecular weight excluding hydrogens is 244 g/mol. The Bertz CT molecular complexity index is 352. The monoisotopic (exact) mass is 268 g/mol. The van der Waals surface area contributed by atoms with Gasteiger partial charge in [0.15, 0.2) is 0 Å². The second-order valence-corrected chi connectivity index (χ2v) is 5.78. The summed E-state index contributed by atoms with van der Waals surface area (Å²) in [6.45, 7) is 4.16. The van der Waals surface area contributed by atoms with Crippen LogP contribution in [0.1, 0.15) is 58.8 Å². The van der Waals surface area contributed by atoms with Gasteiger partial charge < -0.3 is 9.47 Å². The molecule has 2 aliphatic rings. The van der Waals surface area contributed by atoms with Gasteiger partial charge in [0.25, 0.3) is 0 Å². The molecule has 1 aliphatic carbocycles. The summed E-state index contributed by atoms with van der Waals surface area (Å²) < 4.78 is 11.0. The minimum absolute atomic E-state index is 0.0291. The van der Waals surface area contributed by atoms with Crippen molar-refractivity contribution in [2.45, 2.75) is 71.0 Å². The molecule has 19 heavy (non-hydrogen) atoms. The van der Waals surface area contributed by atoms with Crippen LogP contribution < -0.4 is 0 Å². The molecule has 0 aromatic rings. The second-order valence-electron chi connectivity index (χ2n) is 5.78. The van der Waals surface area contributed by atoms with Gasteiger partial charge in [-0.2, -0.15) is 0 Å². The average Bonchev–Trinajstić information content (AvgIpc) is 2.78. The number of carbonyl (C=O) groups excluding carboxylic acids is 2. The summed E-state index contributed by atoms with van der Waals surface area (Å²) in [6.07, 6.45) is 5.67. The quantitative estimate of drug-likeness (QED) is 0.581. The van der Waals surface area contributed by atoms with Crippen molar-refractivity contribution in [3.05, 3.63) is 0 Å². The lowest BCUT2D eigenvalue weighted by Crippen LogP contribution is -2.45. The van der Waals surface area contributed by atoms with E-state index in [-0.39, 0.29) is 24.0 Å². The van der Waals surface area contributed by atoms with Crippen molar-refractivity contribution in [3.8, 4) is 0 Å². The Hall–Kier alpha value is -0.900. The van der Waals surface area contributed by atoms with E-state index in [9.17, 15) is 9.59 Å². The van der Waals surface area contributed by atoms with E-state index < -0.39 is 5.41 Å². The summed E-state index contributed by atoms with van der Waals surface area (Å²) in [4.78, 5) is 24.6. The first-order valence-electron chi connectivity index (χ1n) is 7.44. The van der Waals surface area contributed by atoms with Gasteiger partial charge in [-0.3, -0.25) is 9.59 Å². The lowest BCUT2D eigenvalue weighted by Gasteiger charge is -2.35. The van der Waals surface area contributed by atoms with Gasteiger partial charge >= 0.3 is 5.97 Å². The molecule has 3 unspecified atom stereocenters. The predicted molar refractivity (Wildman–Crippen MR) is 70.7 cm³/mol. The fraction of sp³-hybridized carbons (Fsp3) is 0.867. The molecule has 3 atom stereocenters. The van der Waals surface area contributed by atoms with Crippen molar-refractivity contribution in [1.82, 2.24) is 0 Å². The minimum Gasteiger partial charge on any atom is -0.465 e. The molecule has 0 N–H and O–H groups in total. The van der Waals surface area contributed by atoms with Crippen LogP contribution in [0, 0.1) is 5.41 Å². The smallest absolute Gasteiger partial charge is 0.319 e. The first-order valence-corrected chi connectivity index (χ1v) is 7.44. The third kappa shape index (κ3) is 2.99. The van der Waals surface area contributed by atoms with Gasteiger partial charge in [-0.05, 0) is 46.0 Å². The van der Waals surface area contributed by atoms with Crippen LogP contribution in [0.4, 0.5) is 0 Å². The van der Waals surface area contributed by atoms with Crippen LogP contribution in [0.25, 0.3) is 0 Å². The zero-order valence-corrected chi connectivity index (χ0v) is 11.9. The first-order chi connectivity index (χ1) is 9.08. The Balaban J connectivity index is 2.13. The molecule has 2 fully saturated rings. The van der Waals surface area contributed by atoms with E-state index in [1.54, 1.807) is 6.92 Å². The van der Waals surface area contributed by atoms with Gasteiger partial charge in [0.05, 0.1) is 18.8 Å². The van der Waals surface area contributed by atoms with E-state index in [2.05, 4.69) is 0 Å². The van der Waals surface area contributed by atoms with Crippen molar-refractivity contribution in [2.75, 3.05) is 6.61 Å². The minimum atomic E-state index is -0.928. The highest BCUT2D eigenvalue weighted by Gasteiger charge is 2.49. The van der Waals surface area contributed by atoms with E-state index in [0.717, 1.165) is 25.7 Å². The highest BCUT2D eigenvalue weighted by Crippen LogP contribution is 2.41. The van der Waals surface area contributed by atoms with Crippen LogP contribution in [0.15, 0.2) is 0 Å². The molecule has 0 amide bonds. The van der Waals surface area contributed by atoms with Gasteiger partial charge in [0.2, 0.25) is 0 Å². The Kier molecular flexibility index (Phi) is 4.61. The molecule has 1 saturated carbocycles. The Morgan fingerprint density at radius 2 is 2.21 bits per heavy atom. The number of Topliss-reactive ketones (excluding diaryl/α,β-unsaturated/α-hetero) is 1. The predicted octanol–water partition coefficient (Wildman–Crippen LogP) is 2.64. The molecular formula is C15H24O4. The number of ether oxygens (including phenoxy) is 2. The lowest BCUT2D eigenvalue weighted by molar-refractivity contribution is -0.165. The Labute approximate surface area is 114 Å². The molecule has 1 aliphatic heterocycles. The van der Waals surface area contributed by atoms with Crippen molar-refractivity contribution in [3.63, 3.8) is 0 Å². The molecule has 1 saturated heterocycles. The molecule has 0 aromatic carbocycles. The standard InChI is InChI=1S/C15H24O4/c1-3-18-14(17)15(9-5-4-6-13(15)16)10-12-8-7-11(2)19-12/h11-12H,3-10H2,1-2H3. The summed E-state index contributed by atoms with van der Waals surface area (Å²) in [7, 11) is 0. The van der Waals surface area contributed by atoms with Gasteiger partial charge in [0.1, 0.15) is 11.2 Å². The van der Waals surface area contributed by atoms with Crippen LogP contribution in [0.2, 0.25) is 0 Å². The molecule has 4 nitrogen and oxygen atoms in total. The number of esters is 1. The first kappa shape index (κ1) is 14.5. The largest absolute Gasteiger partial charge is 0.465 e. The normalized spacial score (nSPS) is 35.4. The molecule has 0 radical (unpaired) electrons. The third-order valence-electron chi connectivity index (χ3n) is 4.35. The van der Waals surface area contributed by atoms with E-state index in [0.29, 0.717) is 25.9 Å². The topological polar surface area (TPSA) is 52.6 Å². The summed E-state index contributed by atoms with van der Waals surface area (Å²) in [5.74, 6) is -0.275. The molecule has 0 spiro atoms. The summed E-state index contributed by atoms with van der Waals surface area (Å²) in [5.41, 5.74) is -0.928. The number of rotatable bonds is 4. The van der Waals surface area contributed by atoms with Crippen LogP contribution in [-0.2, 0) is 19.1 Å². The van der Waals surface area contributed by atoms with Gasteiger partial charge in [-0.25, -0.2) is 0 Å². The van der Waals surface area contributed by atoms with Gasteiger partial charge in [-0.15, -0.1) is 0 Å². The molecule has 4 heteroatoms. The zero-order valence-electron chi connectivity index (χ0n) is 11.9. The summed E-state index contributed by atoms with van der Waals surface area (Å²) in [6, 6.07) is 0. The van der Waals surface area contributed by atoms with Crippen molar-refractivity contribution in [1.29, 1.82) is 0 Å². The van der Waals surface area contributed by atoms with Gasteiger partial charge in [0, 0.05) is 6.42 Å². The SMILES string of the molecule is CCOC(=O)C1(CC2CCC(C)O2)CCCCC1=O. The average molecular weight is 268 g/mol. The number of ketones is 1.